The smallest absolute Gasteiger partial charge is 0.247 e. The van der Waals surface area contributed by atoms with Crippen molar-refractivity contribution in [3.05, 3.63) is 24.4 Å². The molecule has 2 saturated heterocycles. The number of pyridine rings is 1. The molecule has 3 fully saturated rings. The molecule has 9 heteroatoms. The van der Waals surface area contributed by atoms with Crippen molar-refractivity contribution < 1.29 is 9.90 Å². The van der Waals surface area contributed by atoms with Crippen molar-refractivity contribution in [3.63, 3.8) is 0 Å². The fraction of sp³-hybridized carbons (Fsp3) is 0.565. The first-order valence-electron chi connectivity index (χ1n) is 11.3. The van der Waals surface area contributed by atoms with E-state index in [2.05, 4.69) is 26.4 Å². The van der Waals surface area contributed by atoms with Crippen molar-refractivity contribution in [2.24, 2.45) is 18.4 Å². The van der Waals surface area contributed by atoms with Gasteiger partial charge >= 0.3 is 0 Å². The Morgan fingerprint density at radius 3 is 2.62 bits per heavy atom. The number of nitriles is 1. The van der Waals surface area contributed by atoms with Gasteiger partial charge in [0.2, 0.25) is 5.91 Å². The lowest BCUT2D eigenvalue weighted by atomic mass is 9.83. The summed E-state index contributed by atoms with van der Waals surface area (Å²) in [6.45, 7) is 3.99. The number of aromatic nitrogens is 3. The minimum absolute atomic E-state index is 0.0826. The molecule has 1 saturated carbocycles. The van der Waals surface area contributed by atoms with Gasteiger partial charge in [0.25, 0.3) is 0 Å². The Hall–Kier alpha value is -3.12. The van der Waals surface area contributed by atoms with Crippen LogP contribution < -0.4 is 15.1 Å². The molecule has 5 rings (SSSR count). The predicted molar refractivity (Wildman–Crippen MR) is 121 cm³/mol. The molecule has 0 bridgehead atoms. The molecule has 168 valence electrons. The quantitative estimate of drug-likeness (QED) is 0.743. The monoisotopic (exact) mass is 435 g/mol. The van der Waals surface area contributed by atoms with Gasteiger partial charge in [-0.25, -0.2) is 4.98 Å². The highest BCUT2D eigenvalue weighted by Gasteiger charge is 2.56. The van der Waals surface area contributed by atoms with E-state index >= 15 is 0 Å². The van der Waals surface area contributed by atoms with Crippen LogP contribution in [0.2, 0.25) is 0 Å². The van der Waals surface area contributed by atoms with Gasteiger partial charge in [-0.3, -0.25) is 9.48 Å². The molecule has 4 heterocycles. The molecule has 0 spiro atoms. The van der Waals surface area contributed by atoms with E-state index in [0.717, 1.165) is 50.3 Å². The Kier molecular flexibility index (Phi) is 4.86. The number of anilines is 4. The summed E-state index contributed by atoms with van der Waals surface area (Å²) in [6, 6.07) is 7.96. The van der Waals surface area contributed by atoms with Crippen LogP contribution in [0, 0.1) is 22.7 Å². The third-order valence-electron chi connectivity index (χ3n) is 7.16. The van der Waals surface area contributed by atoms with Gasteiger partial charge in [0, 0.05) is 50.7 Å². The number of piperidine rings is 1. The molecule has 1 aliphatic carbocycles. The number of nitrogens with zero attached hydrogens (tertiary/aromatic N) is 6. The van der Waals surface area contributed by atoms with E-state index in [0.29, 0.717) is 24.6 Å². The number of carbonyl (C=O) groups is 1. The number of aliphatic hydroxyl groups is 1. The largest absolute Gasteiger partial charge is 0.390 e. The fourth-order valence-corrected chi connectivity index (χ4v) is 4.95. The molecular weight excluding hydrogens is 406 g/mol. The highest BCUT2D eigenvalue weighted by molar-refractivity contribution is 6.02. The minimum Gasteiger partial charge on any atom is -0.390 e. The van der Waals surface area contributed by atoms with Gasteiger partial charge in [-0.1, -0.05) is 0 Å². The van der Waals surface area contributed by atoms with E-state index in [1.807, 2.05) is 36.9 Å². The number of hydrogen-bond acceptors (Lipinski definition) is 7. The summed E-state index contributed by atoms with van der Waals surface area (Å²) >= 11 is 0. The van der Waals surface area contributed by atoms with Gasteiger partial charge in [-0.05, 0) is 51.0 Å². The zero-order valence-corrected chi connectivity index (χ0v) is 18.6. The van der Waals surface area contributed by atoms with Crippen molar-refractivity contribution in [2.45, 2.75) is 44.6 Å². The summed E-state index contributed by atoms with van der Waals surface area (Å²) in [6.07, 6.45) is 5.63. The molecule has 9 nitrogen and oxygen atoms in total. The molecule has 0 aromatic carbocycles. The molecule has 1 amide bonds. The fourth-order valence-electron chi connectivity index (χ4n) is 4.95. The van der Waals surface area contributed by atoms with Crippen molar-refractivity contribution in [1.29, 1.82) is 5.26 Å². The topological polar surface area (TPSA) is 110 Å². The van der Waals surface area contributed by atoms with Crippen LogP contribution in [0.3, 0.4) is 0 Å². The number of amides is 1. The Labute approximate surface area is 187 Å². The van der Waals surface area contributed by atoms with Crippen molar-refractivity contribution >= 4 is 29.0 Å². The van der Waals surface area contributed by atoms with Crippen LogP contribution in [0.4, 0.5) is 23.1 Å². The normalized spacial score (nSPS) is 25.1. The highest BCUT2D eigenvalue weighted by Crippen LogP contribution is 2.51. The van der Waals surface area contributed by atoms with Crippen LogP contribution in [0.15, 0.2) is 24.4 Å². The molecule has 1 atom stereocenters. The van der Waals surface area contributed by atoms with Crippen LogP contribution in [0.5, 0.6) is 0 Å². The summed E-state index contributed by atoms with van der Waals surface area (Å²) in [5.74, 6) is 2.37. The van der Waals surface area contributed by atoms with E-state index in [1.165, 1.54) is 0 Å². The third-order valence-corrected chi connectivity index (χ3v) is 7.16. The molecule has 2 aromatic heterocycles. The van der Waals surface area contributed by atoms with Crippen LogP contribution in [-0.2, 0) is 11.8 Å². The van der Waals surface area contributed by atoms with E-state index in [9.17, 15) is 15.2 Å². The van der Waals surface area contributed by atoms with E-state index in [1.54, 1.807) is 11.1 Å². The maximum absolute atomic E-state index is 13.1. The standard InChI is InChI=1S/C23H29N7O2/c1-22(32)6-10-29(11-7-22)20-14-19(27-28(20)2)26-18-13-17(5-9-25-18)30-12-8-23(15-24,21(30)31)16-3-4-16/h5,9,13-14,16,32H,3-4,6-8,10-12H2,1-2H3,(H,25,26,27)/t23-/m1/s1. The number of carbonyl (C=O) groups excluding carboxylic acids is 1. The molecule has 0 unspecified atom stereocenters. The average Bonchev–Trinajstić information content (AvgIpc) is 3.48. The van der Waals surface area contributed by atoms with Crippen molar-refractivity contribution in [1.82, 2.24) is 14.8 Å². The maximum atomic E-state index is 13.1. The molecule has 2 N–H and O–H groups in total. The zero-order valence-electron chi connectivity index (χ0n) is 18.6. The zero-order chi connectivity index (χ0) is 22.5. The van der Waals surface area contributed by atoms with Crippen LogP contribution in [-0.4, -0.2) is 51.0 Å². The Bertz CT molecular complexity index is 1070. The molecule has 2 aliphatic heterocycles. The lowest BCUT2D eigenvalue weighted by Gasteiger charge is -2.36. The molecule has 32 heavy (non-hydrogen) atoms. The van der Waals surface area contributed by atoms with Crippen LogP contribution >= 0.6 is 0 Å². The number of hydrogen-bond donors (Lipinski definition) is 2. The average molecular weight is 436 g/mol. The Morgan fingerprint density at radius 1 is 1.19 bits per heavy atom. The van der Waals surface area contributed by atoms with Gasteiger partial charge in [0.05, 0.1) is 11.7 Å². The summed E-state index contributed by atoms with van der Waals surface area (Å²) in [5.41, 5.74) is -0.707. The molecule has 2 aromatic rings. The van der Waals surface area contributed by atoms with Crippen molar-refractivity contribution in [2.75, 3.05) is 34.8 Å². The van der Waals surface area contributed by atoms with Gasteiger partial charge in [0.1, 0.15) is 17.1 Å². The molecule has 0 radical (unpaired) electrons. The van der Waals surface area contributed by atoms with E-state index < -0.39 is 11.0 Å². The molecule has 3 aliphatic rings. The van der Waals surface area contributed by atoms with E-state index in [4.69, 9.17) is 0 Å². The number of aryl methyl sites for hydroxylation is 1. The van der Waals surface area contributed by atoms with Crippen LogP contribution in [0.1, 0.15) is 39.0 Å². The first-order valence-corrected chi connectivity index (χ1v) is 11.3. The van der Waals surface area contributed by atoms with Crippen LogP contribution in [0.25, 0.3) is 0 Å². The lowest BCUT2D eigenvalue weighted by molar-refractivity contribution is -0.123. The number of nitrogens with one attached hydrogen (secondary N) is 1. The van der Waals surface area contributed by atoms with Gasteiger partial charge in [-0.15, -0.1) is 0 Å². The predicted octanol–water partition coefficient (Wildman–Crippen LogP) is 2.57. The Morgan fingerprint density at radius 2 is 1.94 bits per heavy atom. The summed E-state index contributed by atoms with van der Waals surface area (Å²) < 4.78 is 1.83. The maximum Gasteiger partial charge on any atom is 0.247 e. The Balaban J connectivity index is 1.31. The number of rotatable bonds is 5. The third kappa shape index (κ3) is 3.58. The first kappa shape index (κ1) is 20.8. The summed E-state index contributed by atoms with van der Waals surface area (Å²) in [4.78, 5) is 21.4. The lowest BCUT2D eigenvalue weighted by Crippen LogP contribution is -2.43. The molecular formula is C23H29N7O2. The summed E-state index contributed by atoms with van der Waals surface area (Å²) in [7, 11) is 1.90. The van der Waals surface area contributed by atoms with E-state index in [-0.39, 0.29) is 11.8 Å². The second-order valence-electron chi connectivity index (χ2n) is 9.58. The first-order chi connectivity index (χ1) is 15.3. The second-order valence-corrected chi connectivity index (χ2v) is 9.58. The minimum atomic E-state index is -0.855. The van der Waals surface area contributed by atoms with Gasteiger partial charge in [0.15, 0.2) is 5.82 Å². The van der Waals surface area contributed by atoms with Crippen molar-refractivity contribution in [3.8, 4) is 6.07 Å². The SMILES string of the molecule is Cn1nc(Nc2cc(N3CC[C@@](C#N)(C4CC4)C3=O)ccn2)cc1N1CCC(C)(O)CC1. The highest BCUT2D eigenvalue weighted by atomic mass is 16.3. The summed E-state index contributed by atoms with van der Waals surface area (Å²) in [5, 5.41) is 27.7. The van der Waals surface area contributed by atoms with Gasteiger partial charge < -0.3 is 20.2 Å². The van der Waals surface area contributed by atoms with Gasteiger partial charge in [-0.2, -0.15) is 10.4 Å². The second kappa shape index (κ2) is 7.48.